The molecule has 1 amide bonds. The molecular weight excluding hydrogens is 363 g/mol. The van der Waals surface area contributed by atoms with Crippen LogP contribution < -0.4 is 5.73 Å². The van der Waals surface area contributed by atoms with Crippen molar-refractivity contribution in [3.05, 3.63) is 28.0 Å². The number of likely N-dealkylation sites (N-methyl/N-ethyl adjacent to an activating group) is 1. The monoisotopic (exact) mass is 393 g/mol. The molecule has 0 bridgehead atoms. The summed E-state index contributed by atoms with van der Waals surface area (Å²) < 4.78 is 41.2. The van der Waals surface area contributed by atoms with E-state index in [0.717, 1.165) is 6.07 Å². The van der Waals surface area contributed by atoms with Crippen LogP contribution in [0.25, 0.3) is 0 Å². The summed E-state index contributed by atoms with van der Waals surface area (Å²) >= 11 is 5.10. The number of nitrogens with zero attached hydrogens (tertiary/aromatic N) is 2. The van der Waals surface area contributed by atoms with Crippen LogP contribution in [0.1, 0.15) is 51.3 Å². The minimum atomic E-state index is -4.49. The second kappa shape index (κ2) is 10.7. The molecule has 150 valence electrons. The minimum absolute atomic E-state index is 0.0413. The third-order valence-corrected chi connectivity index (χ3v) is 3.98. The molecule has 1 heterocycles. The van der Waals surface area contributed by atoms with E-state index in [2.05, 4.69) is 0 Å². The molecule has 4 nitrogen and oxygen atoms in total. The molecule has 0 aromatic carbocycles. The van der Waals surface area contributed by atoms with E-state index < -0.39 is 23.7 Å². The summed E-state index contributed by atoms with van der Waals surface area (Å²) in [6.07, 6.45) is -2.53. The molecule has 1 rings (SSSR count). The Hall–Kier alpha value is -1.41. The van der Waals surface area contributed by atoms with Gasteiger partial charge in [-0.3, -0.25) is 4.79 Å². The summed E-state index contributed by atoms with van der Waals surface area (Å²) in [4.78, 5) is 13.6. The zero-order valence-electron chi connectivity index (χ0n) is 16.4. The van der Waals surface area contributed by atoms with Gasteiger partial charge in [-0.2, -0.15) is 13.2 Å². The molecule has 0 spiro atoms. The Labute approximate surface area is 159 Å². The third kappa shape index (κ3) is 7.45. The fourth-order valence-electron chi connectivity index (χ4n) is 2.46. The van der Waals surface area contributed by atoms with E-state index in [1.807, 2.05) is 27.7 Å². The van der Waals surface area contributed by atoms with Crippen molar-refractivity contribution in [2.45, 2.75) is 52.8 Å². The average Bonchev–Trinajstić information content (AvgIpc) is 2.52. The number of pyridine rings is 1. The van der Waals surface area contributed by atoms with Gasteiger partial charge in [-0.15, -0.1) is 0 Å². The maximum absolute atomic E-state index is 13.3. The lowest BCUT2D eigenvalue weighted by molar-refractivity contribution is -0.138. The van der Waals surface area contributed by atoms with Crippen molar-refractivity contribution in [2.75, 3.05) is 20.6 Å². The van der Waals surface area contributed by atoms with Crippen molar-refractivity contribution in [1.29, 1.82) is 0 Å². The zero-order chi connectivity index (χ0) is 20.7. The molecule has 1 aromatic rings. The first-order chi connectivity index (χ1) is 11.9. The lowest BCUT2D eigenvalue weighted by Gasteiger charge is -2.23. The van der Waals surface area contributed by atoms with Gasteiger partial charge in [0.15, 0.2) is 0 Å². The van der Waals surface area contributed by atoms with Gasteiger partial charge in [0.05, 0.1) is 5.56 Å². The maximum Gasteiger partial charge on any atom is 0.416 e. The number of carbonyl (C=O) groups is 1. The molecule has 0 radical (unpaired) electrons. The normalized spacial score (nSPS) is 12.7. The van der Waals surface area contributed by atoms with E-state index in [4.69, 9.17) is 18.0 Å². The Morgan fingerprint density at radius 3 is 2.23 bits per heavy atom. The van der Waals surface area contributed by atoms with Crippen molar-refractivity contribution in [2.24, 2.45) is 11.7 Å². The van der Waals surface area contributed by atoms with Gasteiger partial charge in [-0.05, 0) is 44.5 Å². The van der Waals surface area contributed by atoms with E-state index in [1.165, 1.54) is 10.8 Å². The second-order valence-corrected chi connectivity index (χ2v) is 6.97. The van der Waals surface area contributed by atoms with Crippen LogP contribution >= 0.6 is 12.2 Å². The van der Waals surface area contributed by atoms with Crippen LogP contribution in [0, 0.1) is 10.6 Å². The van der Waals surface area contributed by atoms with Crippen LogP contribution in [0.5, 0.6) is 0 Å². The van der Waals surface area contributed by atoms with Crippen LogP contribution in [0.2, 0.25) is 0 Å². The third-order valence-electron chi connectivity index (χ3n) is 3.66. The fraction of sp³-hybridized carbons (Fsp3) is 0.667. The van der Waals surface area contributed by atoms with E-state index in [9.17, 15) is 18.0 Å². The average molecular weight is 394 g/mol. The number of hydrogen-bond donors (Lipinski definition) is 1. The van der Waals surface area contributed by atoms with Crippen molar-refractivity contribution in [3.63, 3.8) is 0 Å². The largest absolute Gasteiger partial charge is 0.416 e. The Morgan fingerprint density at radius 1 is 1.31 bits per heavy atom. The first kappa shape index (κ1) is 24.6. The molecule has 1 atom stereocenters. The molecule has 0 fully saturated rings. The van der Waals surface area contributed by atoms with Gasteiger partial charge in [0.1, 0.15) is 10.7 Å². The topological polar surface area (TPSA) is 51.3 Å². The number of nitrogens with two attached hydrogens (primary N) is 1. The fourth-order valence-corrected chi connectivity index (χ4v) is 2.75. The molecule has 0 saturated carbocycles. The van der Waals surface area contributed by atoms with Gasteiger partial charge in [0.25, 0.3) is 0 Å². The van der Waals surface area contributed by atoms with Crippen molar-refractivity contribution >= 4 is 18.1 Å². The van der Waals surface area contributed by atoms with E-state index >= 15 is 0 Å². The SMILES string of the molecule is CC.CC(C)CC(C(N)=O)n1cc(CCN(C)C)c(C(F)(F)F)cc1=S. The van der Waals surface area contributed by atoms with Crippen LogP contribution in [0.4, 0.5) is 13.2 Å². The Balaban J connectivity index is 0.00000301. The first-order valence-electron chi connectivity index (χ1n) is 8.69. The summed E-state index contributed by atoms with van der Waals surface area (Å²) in [5.74, 6) is -0.449. The molecule has 8 heteroatoms. The molecule has 26 heavy (non-hydrogen) atoms. The number of alkyl halides is 3. The summed E-state index contributed by atoms with van der Waals surface area (Å²) in [5.41, 5.74) is 4.80. The summed E-state index contributed by atoms with van der Waals surface area (Å²) in [7, 11) is 3.57. The number of primary amides is 1. The van der Waals surface area contributed by atoms with Crippen LogP contribution in [0.3, 0.4) is 0 Å². The predicted molar refractivity (Wildman–Crippen MR) is 102 cm³/mol. The number of carbonyl (C=O) groups excluding carboxylic acids is 1. The van der Waals surface area contributed by atoms with E-state index in [0.29, 0.717) is 13.0 Å². The molecular formula is C18H30F3N3OS. The quantitative estimate of drug-likeness (QED) is 0.697. The zero-order valence-corrected chi connectivity index (χ0v) is 17.2. The Bertz CT molecular complexity index is 640. The van der Waals surface area contributed by atoms with Gasteiger partial charge in [-0.1, -0.05) is 39.9 Å². The predicted octanol–water partition coefficient (Wildman–Crippen LogP) is 4.44. The number of amides is 1. The highest BCUT2D eigenvalue weighted by molar-refractivity contribution is 7.71. The molecule has 0 saturated heterocycles. The van der Waals surface area contributed by atoms with Gasteiger partial charge >= 0.3 is 6.18 Å². The number of hydrogen-bond acceptors (Lipinski definition) is 3. The van der Waals surface area contributed by atoms with Crippen LogP contribution in [-0.2, 0) is 17.4 Å². The summed E-state index contributed by atoms with van der Waals surface area (Å²) in [5, 5.41) is 0. The Kier molecular flexibility index (Phi) is 10.1. The molecule has 1 aromatic heterocycles. The number of rotatable bonds is 7. The minimum Gasteiger partial charge on any atom is -0.368 e. The molecule has 2 N–H and O–H groups in total. The van der Waals surface area contributed by atoms with Gasteiger partial charge < -0.3 is 15.2 Å². The van der Waals surface area contributed by atoms with E-state index in [1.54, 1.807) is 19.0 Å². The Morgan fingerprint density at radius 2 is 1.85 bits per heavy atom. The summed E-state index contributed by atoms with van der Waals surface area (Å²) in [6, 6.07) is 0.175. The maximum atomic E-state index is 13.3. The lowest BCUT2D eigenvalue weighted by atomic mass is 10.0. The van der Waals surface area contributed by atoms with Crippen molar-refractivity contribution < 1.29 is 18.0 Å². The molecule has 0 aliphatic carbocycles. The molecule has 1 unspecified atom stereocenters. The summed E-state index contributed by atoms with van der Waals surface area (Å²) in [6.45, 7) is 8.28. The smallest absolute Gasteiger partial charge is 0.368 e. The lowest BCUT2D eigenvalue weighted by Crippen LogP contribution is -2.29. The van der Waals surface area contributed by atoms with Gasteiger partial charge in [-0.25, -0.2) is 0 Å². The molecule has 0 aliphatic rings. The van der Waals surface area contributed by atoms with Crippen LogP contribution in [0.15, 0.2) is 12.3 Å². The molecule has 0 aliphatic heterocycles. The van der Waals surface area contributed by atoms with Crippen molar-refractivity contribution in [3.8, 4) is 0 Å². The standard InChI is InChI=1S/C16H24F3N3OS.C2H6/c1-10(2)7-13(15(20)23)22-9-11(5-6-21(3)4)12(8-14(22)24)16(17,18)19;1-2/h8-10,13H,5-7H2,1-4H3,(H2,20,23);1-2H3. The highest BCUT2D eigenvalue weighted by Crippen LogP contribution is 2.33. The van der Waals surface area contributed by atoms with E-state index in [-0.39, 0.29) is 22.5 Å². The van der Waals surface area contributed by atoms with Gasteiger partial charge in [0, 0.05) is 12.7 Å². The highest BCUT2D eigenvalue weighted by Gasteiger charge is 2.34. The van der Waals surface area contributed by atoms with Gasteiger partial charge in [0.2, 0.25) is 5.91 Å². The second-order valence-electron chi connectivity index (χ2n) is 6.56. The van der Waals surface area contributed by atoms with Crippen LogP contribution in [-0.4, -0.2) is 36.0 Å². The number of halogens is 3. The number of aromatic nitrogens is 1. The van der Waals surface area contributed by atoms with Crippen molar-refractivity contribution in [1.82, 2.24) is 9.47 Å². The first-order valence-corrected chi connectivity index (χ1v) is 9.10. The highest BCUT2D eigenvalue weighted by atomic mass is 32.1.